The van der Waals surface area contributed by atoms with Gasteiger partial charge in [0.1, 0.15) is 5.54 Å². The first-order valence-corrected chi connectivity index (χ1v) is 11.1. The van der Waals surface area contributed by atoms with Crippen LogP contribution in [0.15, 0.2) is 48.5 Å². The molecule has 1 spiro atoms. The van der Waals surface area contributed by atoms with Gasteiger partial charge in [-0.3, -0.25) is 9.59 Å². The number of urea groups is 1. The minimum Gasteiger partial charge on any atom is -0.323 e. The van der Waals surface area contributed by atoms with Crippen molar-refractivity contribution in [2.75, 3.05) is 16.4 Å². The van der Waals surface area contributed by atoms with Gasteiger partial charge in [-0.2, -0.15) is 0 Å². The maximum atomic E-state index is 13.1. The fourth-order valence-electron chi connectivity index (χ4n) is 3.82. The van der Waals surface area contributed by atoms with Crippen LogP contribution in [-0.4, -0.2) is 43.2 Å². The van der Waals surface area contributed by atoms with E-state index in [1.54, 1.807) is 49.4 Å². The molecule has 2 aromatic rings. The van der Waals surface area contributed by atoms with Crippen molar-refractivity contribution in [3.05, 3.63) is 65.2 Å². The quantitative estimate of drug-likeness (QED) is 0.615. The topological polar surface area (TPSA) is 101 Å². The highest BCUT2D eigenvalue weighted by Crippen LogP contribution is 2.34. The predicted octanol–water partition coefficient (Wildman–Crippen LogP) is 2.23. The van der Waals surface area contributed by atoms with Gasteiger partial charge in [0.15, 0.2) is 15.6 Å². The molecule has 29 heavy (non-hydrogen) atoms. The molecule has 0 radical (unpaired) electrons. The SMILES string of the molecule is Cc1ccc(N2C(=O)NC3(CCS(=O)(=O)CC3)C2=O)cc1C(=O)c1ccccc1. The molecule has 150 valence electrons. The zero-order valence-corrected chi connectivity index (χ0v) is 16.7. The van der Waals surface area contributed by atoms with Crippen molar-refractivity contribution < 1.29 is 22.8 Å². The maximum Gasteiger partial charge on any atom is 0.329 e. The van der Waals surface area contributed by atoms with Gasteiger partial charge in [-0.05, 0) is 37.5 Å². The molecule has 0 aromatic heterocycles. The molecule has 3 amide bonds. The molecule has 4 rings (SSSR count). The number of carbonyl (C=O) groups is 3. The second kappa shape index (κ2) is 6.81. The average molecular weight is 412 g/mol. The number of benzene rings is 2. The molecule has 0 atom stereocenters. The minimum atomic E-state index is -3.19. The van der Waals surface area contributed by atoms with Gasteiger partial charge in [0.25, 0.3) is 5.91 Å². The van der Waals surface area contributed by atoms with E-state index in [0.717, 1.165) is 10.5 Å². The molecular weight excluding hydrogens is 392 g/mol. The Hall–Kier alpha value is -3.00. The number of amides is 3. The normalized spacial score (nSPS) is 20.0. The molecule has 0 bridgehead atoms. The van der Waals surface area contributed by atoms with E-state index in [0.29, 0.717) is 16.8 Å². The third-order valence-electron chi connectivity index (χ3n) is 5.60. The van der Waals surface area contributed by atoms with Crippen LogP contribution in [0.4, 0.5) is 10.5 Å². The Bertz CT molecular complexity index is 1110. The lowest BCUT2D eigenvalue weighted by molar-refractivity contribution is -0.122. The van der Waals surface area contributed by atoms with Crippen LogP contribution in [0.2, 0.25) is 0 Å². The van der Waals surface area contributed by atoms with E-state index < -0.39 is 27.3 Å². The van der Waals surface area contributed by atoms with Crippen molar-refractivity contribution in [2.24, 2.45) is 0 Å². The summed E-state index contributed by atoms with van der Waals surface area (Å²) < 4.78 is 23.5. The van der Waals surface area contributed by atoms with E-state index >= 15 is 0 Å². The van der Waals surface area contributed by atoms with Crippen LogP contribution in [0.5, 0.6) is 0 Å². The highest BCUT2D eigenvalue weighted by atomic mass is 32.2. The number of nitrogens with one attached hydrogen (secondary N) is 1. The number of carbonyl (C=O) groups excluding carboxylic acids is 3. The minimum absolute atomic E-state index is 0.0536. The smallest absolute Gasteiger partial charge is 0.323 e. The molecule has 0 saturated carbocycles. The fraction of sp³-hybridized carbons (Fsp3) is 0.286. The predicted molar refractivity (Wildman–Crippen MR) is 108 cm³/mol. The van der Waals surface area contributed by atoms with Crippen LogP contribution in [0, 0.1) is 6.92 Å². The molecule has 8 heteroatoms. The second-order valence-corrected chi connectivity index (χ2v) is 9.80. The van der Waals surface area contributed by atoms with Crippen molar-refractivity contribution in [3.63, 3.8) is 0 Å². The van der Waals surface area contributed by atoms with Gasteiger partial charge in [0.05, 0.1) is 17.2 Å². The van der Waals surface area contributed by atoms with E-state index in [1.807, 2.05) is 6.07 Å². The summed E-state index contributed by atoms with van der Waals surface area (Å²) in [5.41, 5.74) is 0.743. The van der Waals surface area contributed by atoms with E-state index in [2.05, 4.69) is 5.32 Å². The van der Waals surface area contributed by atoms with Crippen LogP contribution in [0.25, 0.3) is 0 Å². The molecule has 2 fully saturated rings. The number of nitrogens with zero attached hydrogens (tertiary/aromatic N) is 1. The van der Waals surface area contributed by atoms with Crippen LogP contribution < -0.4 is 10.2 Å². The highest BCUT2D eigenvalue weighted by molar-refractivity contribution is 7.91. The number of ketones is 1. The van der Waals surface area contributed by atoms with Crippen molar-refractivity contribution in [1.29, 1.82) is 0 Å². The lowest BCUT2D eigenvalue weighted by Gasteiger charge is -2.30. The Morgan fingerprint density at radius 2 is 1.69 bits per heavy atom. The van der Waals surface area contributed by atoms with Gasteiger partial charge in [-0.25, -0.2) is 18.1 Å². The first-order valence-electron chi connectivity index (χ1n) is 9.30. The number of sulfone groups is 1. The van der Waals surface area contributed by atoms with Crippen molar-refractivity contribution in [2.45, 2.75) is 25.3 Å². The largest absolute Gasteiger partial charge is 0.329 e. The monoisotopic (exact) mass is 412 g/mol. The van der Waals surface area contributed by atoms with Crippen molar-refractivity contribution >= 4 is 33.2 Å². The van der Waals surface area contributed by atoms with Crippen LogP contribution in [0.1, 0.15) is 34.3 Å². The molecule has 2 aromatic carbocycles. The molecule has 0 unspecified atom stereocenters. The third kappa shape index (κ3) is 3.33. The maximum absolute atomic E-state index is 13.1. The number of imide groups is 1. The molecule has 2 saturated heterocycles. The summed E-state index contributed by atoms with van der Waals surface area (Å²) in [6.45, 7) is 1.79. The highest BCUT2D eigenvalue weighted by Gasteiger charge is 2.54. The summed E-state index contributed by atoms with van der Waals surface area (Å²) in [5.74, 6) is -0.952. The first kappa shape index (κ1) is 19.3. The van der Waals surface area contributed by atoms with E-state index in [-0.39, 0.29) is 30.1 Å². The Morgan fingerprint density at radius 3 is 2.34 bits per heavy atom. The van der Waals surface area contributed by atoms with E-state index in [1.165, 1.54) is 0 Å². The lowest BCUT2D eigenvalue weighted by Crippen LogP contribution is -2.52. The molecule has 2 heterocycles. The molecule has 1 N–H and O–H groups in total. The Morgan fingerprint density at radius 1 is 1.03 bits per heavy atom. The van der Waals surface area contributed by atoms with Crippen LogP contribution in [0.3, 0.4) is 0 Å². The van der Waals surface area contributed by atoms with E-state index in [9.17, 15) is 22.8 Å². The number of rotatable bonds is 3. The summed E-state index contributed by atoms with van der Waals surface area (Å²) in [6.07, 6.45) is 0.107. The second-order valence-electron chi connectivity index (χ2n) is 7.50. The van der Waals surface area contributed by atoms with Gasteiger partial charge in [-0.1, -0.05) is 36.4 Å². The fourth-order valence-corrected chi connectivity index (χ4v) is 5.34. The summed E-state index contributed by atoms with van der Waals surface area (Å²) in [6, 6.07) is 13.0. The summed E-state index contributed by atoms with van der Waals surface area (Å²) in [5, 5.41) is 2.69. The van der Waals surface area contributed by atoms with Gasteiger partial charge in [-0.15, -0.1) is 0 Å². The zero-order valence-electron chi connectivity index (χ0n) is 15.8. The third-order valence-corrected chi connectivity index (χ3v) is 7.25. The lowest BCUT2D eigenvalue weighted by atomic mass is 9.92. The van der Waals surface area contributed by atoms with Crippen LogP contribution in [-0.2, 0) is 14.6 Å². The average Bonchev–Trinajstić information content (AvgIpc) is 2.95. The molecule has 0 aliphatic carbocycles. The van der Waals surface area contributed by atoms with Gasteiger partial charge in [0, 0.05) is 11.1 Å². The standard InChI is InChI=1S/C21H20N2O5S/c1-14-7-8-16(13-17(14)18(24)15-5-3-2-4-6-15)23-19(25)21(22-20(23)26)9-11-29(27,28)12-10-21/h2-8,13H,9-12H2,1H3,(H,22,26). The molecule has 2 aliphatic rings. The van der Waals surface area contributed by atoms with Gasteiger partial charge < -0.3 is 5.32 Å². The number of hydrogen-bond donors (Lipinski definition) is 1. The Balaban J connectivity index is 1.68. The van der Waals surface area contributed by atoms with Crippen LogP contribution >= 0.6 is 0 Å². The summed E-state index contributed by atoms with van der Waals surface area (Å²) in [4.78, 5) is 39.6. The Labute approximate surface area is 168 Å². The number of hydrogen-bond acceptors (Lipinski definition) is 5. The van der Waals surface area contributed by atoms with Crippen molar-refractivity contribution in [3.8, 4) is 0 Å². The van der Waals surface area contributed by atoms with Gasteiger partial charge >= 0.3 is 6.03 Å². The van der Waals surface area contributed by atoms with Crippen molar-refractivity contribution in [1.82, 2.24) is 5.32 Å². The summed E-state index contributed by atoms with van der Waals surface area (Å²) in [7, 11) is -3.19. The Kier molecular flexibility index (Phi) is 4.53. The van der Waals surface area contributed by atoms with Gasteiger partial charge in [0.2, 0.25) is 0 Å². The van der Waals surface area contributed by atoms with E-state index in [4.69, 9.17) is 0 Å². The molecule has 2 aliphatic heterocycles. The first-order chi connectivity index (χ1) is 13.7. The molecular formula is C21H20N2O5S. The summed E-state index contributed by atoms with van der Waals surface area (Å²) >= 11 is 0. The zero-order chi connectivity index (χ0) is 20.8. The number of anilines is 1. The number of aryl methyl sites for hydroxylation is 1. The molecule has 7 nitrogen and oxygen atoms in total.